The molecular formula is C14H18N2O3. The number of hydrogen-bond donors (Lipinski definition) is 1. The highest BCUT2D eigenvalue weighted by atomic mass is 16.5. The molecule has 2 aromatic rings. The molecule has 1 aromatic carbocycles. The molecule has 1 heterocycles. The maximum Gasteiger partial charge on any atom is 0.181 e. The SMILES string of the molecule is CCNCc1ncoc1-c1ccc(OC)c(OC)c1. The molecule has 102 valence electrons. The number of methoxy groups -OCH3 is 2. The van der Waals surface area contributed by atoms with Crippen molar-refractivity contribution in [2.75, 3.05) is 20.8 Å². The van der Waals surface area contributed by atoms with Crippen molar-refractivity contribution in [3.63, 3.8) is 0 Å². The number of nitrogens with zero attached hydrogens (tertiary/aromatic N) is 1. The van der Waals surface area contributed by atoms with Gasteiger partial charge in [0.1, 0.15) is 5.69 Å². The van der Waals surface area contributed by atoms with Gasteiger partial charge in [-0.25, -0.2) is 4.98 Å². The second kappa shape index (κ2) is 6.24. The average Bonchev–Trinajstić information content (AvgIpc) is 2.92. The van der Waals surface area contributed by atoms with E-state index >= 15 is 0 Å². The van der Waals surface area contributed by atoms with Crippen LogP contribution in [0.4, 0.5) is 0 Å². The van der Waals surface area contributed by atoms with Crippen LogP contribution in [0.1, 0.15) is 12.6 Å². The second-order valence-corrected chi connectivity index (χ2v) is 3.98. The lowest BCUT2D eigenvalue weighted by molar-refractivity contribution is 0.355. The van der Waals surface area contributed by atoms with Crippen LogP contribution in [-0.4, -0.2) is 25.7 Å². The van der Waals surface area contributed by atoms with Gasteiger partial charge in [0.25, 0.3) is 0 Å². The van der Waals surface area contributed by atoms with Crippen LogP contribution in [0.2, 0.25) is 0 Å². The Kier molecular flexibility index (Phi) is 4.41. The first-order valence-corrected chi connectivity index (χ1v) is 6.15. The number of aromatic nitrogens is 1. The van der Waals surface area contributed by atoms with Gasteiger partial charge < -0.3 is 19.2 Å². The van der Waals surface area contributed by atoms with E-state index in [4.69, 9.17) is 13.9 Å². The molecule has 5 heteroatoms. The van der Waals surface area contributed by atoms with Gasteiger partial charge in [0.15, 0.2) is 23.7 Å². The summed E-state index contributed by atoms with van der Waals surface area (Å²) in [5.41, 5.74) is 1.80. The van der Waals surface area contributed by atoms with Gasteiger partial charge in [-0.1, -0.05) is 6.92 Å². The zero-order valence-electron chi connectivity index (χ0n) is 11.4. The Labute approximate surface area is 112 Å². The van der Waals surface area contributed by atoms with E-state index < -0.39 is 0 Å². The van der Waals surface area contributed by atoms with E-state index in [1.165, 1.54) is 6.39 Å². The van der Waals surface area contributed by atoms with Gasteiger partial charge in [-0.2, -0.15) is 0 Å². The number of nitrogens with one attached hydrogen (secondary N) is 1. The van der Waals surface area contributed by atoms with Crippen LogP contribution in [0.25, 0.3) is 11.3 Å². The maximum absolute atomic E-state index is 5.47. The minimum atomic E-state index is 0.672. The van der Waals surface area contributed by atoms with Crippen molar-refractivity contribution < 1.29 is 13.9 Å². The highest BCUT2D eigenvalue weighted by Crippen LogP contribution is 2.33. The number of oxazole rings is 1. The summed E-state index contributed by atoms with van der Waals surface area (Å²) >= 11 is 0. The van der Waals surface area contributed by atoms with E-state index in [1.54, 1.807) is 14.2 Å². The summed E-state index contributed by atoms with van der Waals surface area (Å²) in [4.78, 5) is 4.23. The summed E-state index contributed by atoms with van der Waals surface area (Å²) < 4.78 is 16.0. The third-order valence-corrected chi connectivity index (χ3v) is 2.83. The van der Waals surface area contributed by atoms with E-state index in [9.17, 15) is 0 Å². The first kappa shape index (κ1) is 13.4. The first-order valence-electron chi connectivity index (χ1n) is 6.15. The normalized spacial score (nSPS) is 10.5. The van der Waals surface area contributed by atoms with Crippen LogP contribution < -0.4 is 14.8 Å². The molecule has 0 bridgehead atoms. The van der Waals surface area contributed by atoms with Crippen molar-refractivity contribution >= 4 is 0 Å². The molecule has 0 atom stereocenters. The summed E-state index contributed by atoms with van der Waals surface area (Å²) in [5.74, 6) is 2.12. The molecule has 0 saturated heterocycles. The minimum absolute atomic E-state index is 0.672. The maximum atomic E-state index is 5.47. The number of ether oxygens (including phenoxy) is 2. The van der Waals surface area contributed by atoms with Gasteiger partial charge in [-0.15, -0.1) is 0 Å². The lowest BCUT2D eigenvalue weighted by Crippen LogP contribution is -2.12. The molecule has 0 unspecified atom stereocenters. The fourth-order valence-corrected chi connectivity index (χ4v) is 1.85. The van der Waals surface area contributed by atoms with E-state index in [-0.39, 0.29) is 0 Å². The van der Waals surface area contributed by atoms with Gasteiger partial charge in [-0.3, -0.25) is 0 Å². The summed E-state index contributed by atoms with van der Waals surface area (Å²) in [7, 11) is 3.23. The molecule has 1 aromatic heterocycles. The van der Waals surface area contributed by atoms with Crippen LogP contribution >= 0.6 is 0 Å². The van der Waals surface area contributed by atoms with Crippen LogP contribution in [0, 0.1) is 0 Å². The van der Waals surface area contributed by atoms with Crippen LogP contribution in [0.3, 0.4) is 0 Å². The quantitative estimate of drug-likeness (QED) is 0.866. The zero-order chi connectivity index (χ0) is 13.7. The Morgan fingerprint density at radius 1 is 1.21 bits per heavy atom. The van der Waals surface area contributed by atoms with E-state index in [0.29, 0.717) is 18.0 Å². The molecule has 0 amide bonds. The van der Waals surface area contributed by atoms with E-state index in [0.717, 1.165) is 23.6 Å². The van der Waals surface area contributed by atoms with Crippen LogP contribution in [0.5, 0.6) is 11.5 Å². The van der Waals surface area contributed by atoms with Gasteiger partial charge in [0.05, 0.1) is 14.2 Å². The summed E-state index contributed by atoms with van der Waals surface area (Å²) in [6.07, 6.45) is 1.46. The van der Waals surface area contributed by atoms with Crippen molar-refractivity contribution in [1.82, 2.24) is 10.3 Å². The minimum Gasteiger partial charge on any atom is -0.493 e. The molecule has 0 radical (unpaired) electrons. The first-order chi connectivity index (χ1) is 9.30. The number of benzene rings is 1. The molecule has 0 fully saturated rings. The van der Waals surface area contributed by atoms with Crippen molar-refractivity contribution in [2.24, 2.45) is 0 Å². The zero-order valence-corrected chi connectivity index (χ0v) is 11.4. The third-order valence-electron chi connectivity index (χ3n) is 2.83. The molecule has 19 heavy (non-hydrogen) atoms. The van der Waals surface area contributed by atoms with Crippen molar-refractivity contribution in [3.05, 3.63) is 30.3 Å². The molecule has 0 spiro atoms. The van der Waals surface area contributed by atoms with Crippen LogP contribution in [-0.2, 0) is 6.54 Å². The summed E-state index contributed by atoms with van der Waals surface area (Å²) in [5, 5.41) is 3.23. The predicted octanol–water partition coefficient (Wildman–Crippen LogP) is 2.47. The Morgan fingerprint density at radius 2 is 2.00 bits per heavy atom. The second-order valence-electron chi connectivity index (χ2n) is 3.98. The monoisotopic (exact) mass is 262 g/mol. The van der Waals surface area contributed by atoms with E-state index in [2.05, 4.69) is 17.2 Å². The van der Waals surface area contributed by atoms with Crippen molar-refractivity contribution in [2.45, 2.75) is 13.5 Å². The summed E-state index contributed by atoms with van der Waals surface area (Å²) in [6.45, 7) is 3.62. The highest BCUT2D eigenvalue weighted by Gasteiger charge is 2.13. The fourth-order valence-electron chi connectivity index (χ4n) is 1.85. The van der Waals surface area contributed by atoms with Crippen molar-refractivity contribution in [3.8, 4) is 22.8 Å². The molecular weight excluding hydrogens is 244 g/mol. The molecule has 0 aliphatic rings. The topological polar surface area (TPSA) is 56.5 Å². The number of hydrogen-bond acceptors (Lipinski definition) is 5. The van der Waals surface area contributed by atoms with Crippen molar-refractivity contribution in [1.29, 1.82) is 0 Å². The Morgan fingerprint density at radius 3 is 2.68 bits per heavy atom. The molecule has 5 nitrogen and oxygen atoms in total. The van der Waals surface area contributed by atoms with Gasteiger partial charge in [-0.05, 0) is 24.7 Å². The fraction of sp³-hybridized carbons (Fsp3) is 0.357. The third kappa shape index (κ3) is 2.88. The Balaban J connectivity index is 2.33. The predicted molar refractivity (Wildman–Crippen MR) is 72.4 cm³/mol. The smallest absolute Gasteiger partial charge is 0.181 e. The Hall–Kier alpha value is -2.01. The van der Waals surface area contributed by atoms with Crippen LogP contribution in [0.15, 0.2) is 29.0 Å². The van der Waals surface area contributed by atoms with E-state index in [1.807, 2.05) is 18.2 Å². The standard InChI is InChI=1S/C14H18N2O3/c1-4-15-8-11-14(19-9-16-11)10-5-6-12(17-2)13(7-10)18-3/h5-7,9,15H,4,8H2,1-3H3. The largest absolute Gasteiger partial charge is 0.493 e. The molecule has 0 aliphatic carbocycles. The lowest BCUT2D eigenvalue weighted by Gasteiger charge is -2.09. The highest BCUT2D eigenvalue weighted by molar-refractivity contribution is 5.64. The molecule has 0 aliphatic heterocycles. The number of rotatable bonds is 6. The average molecular weight is 262 g/mol. The van der Waals surface area contributed by atoms with Gasteiger partial charge in [0, 0.05) is 12.1 Å². The van der Waals surface area contributed by atoms with Gasteiger partial charge in [0.2, 0.25) is 0 Å². The molecule has 0 saturated carbocycles. The van der Waals surface area contributed by atoms with Gasteiger partial charge >= 0.3 is 0 Å². The lowest BCUT2D eigenvalue weighted by atomic mass is 10.1. The molecule has 1 N–H and O–H groups in total. The summed E-state index contributed by atoms with van der Waals surface area (Å²) in [6, 6.07) is 5.67. The Bertz CT molecular complexity index is 537. The molecule has 2 rings (SSSR count).